The van der Waals surface area contributed by atoms with E-state index in [1.165, 1.54) is 18.2 Å². The lowest BCUT2D eigenvalue weighted by Gasteiger charge is -2.36. The van der Waals surface area contributed by atoms with Gasteiger partial charge >= 0.3 is 0 Å². The lowest BCUT2D eigenvalue weighted by molar-refractivity contribution is 0.0125. The summed E-state index contributed by atoms with van der Waals surface area (Å²) in [6.07, 6.45) is 1.08. The van der Waals surface area contributed by atoms with Crippen LogP contribution in [-0.2, 0) is 4.74 Å². The third-order valence-corrected chi connectivity index (χ3v) is 3.57. The third kappa shape index (κ3) is 3.18. The molecule has 19 heavy (non-hydrogen) atoms. The largest absolute Gasteiger partial charge is 0.507 e. The number of rotatable bonds is 3. The molecule has 1 aromatic carbocycles. The van der Waals surface area contributed by atoms with E-state index in [1.54, 1.807) is 0 Å². The maximum absolute atomic E-state index is 12.2. The lowest BCUT2D eigenvalue weighted by atomic mass is 9.90. The molecule has 0 unspecified atom stereocenters. The summed E-state index contributed by atoms with van der Waals surface area (Å²) >= 11 is 5.81. The lowest BCUT2D eigenvalue weighted by Crippen LogP contribution is -2.54. The molecule has 0 aliphatic carbocycles. The summed E-state index contributed by atoms with van der Waals surface area (Å²) < 4.78 is 5.22. The molecule has 0 atom stereocenters. The minimum Gasteiger partial charge on any atom is -0.507 e. The molecule has 2 rings (SSSR count). The number of hydrogen-bond acceptors (Lipinski definition) is 4. The van der Waals surface area contributed by atoms with Crippen molar-refractivity contribution in [1.82, 2.24) is 5.32 Å². The van der Waals surface area contributed by atoms with Crippen LogP contribution >= 0.6 is 11.6 Å². The number of aliphatic hydroxyl groups is 1. The van der Waals surface area contributed by atoms with Crippen LogP contribution < -0.4 is 5.32 Å². The molecule has 1 saturated heterocycles. The van der Waals surface area contributed by atoms with Crippen LogP contribution in [0.4, 0.5) is 0 Å². The van der Waals surface area contributed by atoms with Crippen LogP contribution in [-0.4, -0.2) is 41.5 Å². The number of aliphatic hydroxyl groups excluding tert-OH is 1. The summed E-state index contributed by atoms with van der Waals surface area (Å²) in [7, 11) is 0. The Bertz CT molecular complexity index is 472. The molecule has 6 heteroatoms. The number of halogens is 1. The van der Waals surface area contributed by atoms with Gasteiger partial charge in [0.05, 0.1) is 17.7 Å². The molecule has 0 bridgehead atoms. The van der Waals surface area contributed by atoms with Crippen molar-refractivity contribution in [1.29, 1.82) is 0 Å². The smallest absolute Gasteiger partial charge is 0.255 e. The summed E-state index contributed by atoms with van der Waals surface area (Å²) in [5.41, 5.74) is -0.587. The summed E-state index contributed by atoms with van der Waals surface area (Å²) in [6, 6.07) is 4.27. The zero-order valence-electron chi connectivity index (χ0n) is 10.4. The van der Waals surface area contributed by atoms with E-state index < -0.39 is 11.4 Å². The third-order valence-electron chi connectivity index (χ3n) is 3.33. The van der Waals surface area contributed by atoms with Gasteiger partial charge in [-0.2, -0.15) is 0 Å². The molecule has 1 fully saturated rings. The molecule has 1 aromatic rings. The van der Waals surface area contributed by atoms with E-state index in [-0.39, 0.29) is 17.9 Å². The van der Waals surface area contributed by atoms with Gasteiger partial charge in [0.25, 0.3) is 5.91 Å². The molecule has 0 radical (unpaired) electrons. The summed E-state index contributed by atoms with van der Waals surface area (Å²) in [5, 5.41) is 22.3. The molecule has 3 N–H and O–H groups in total. The quantitative estimate of drug-likeness (QED) is 0.782. The second-order valence-electron chi connectivity index (χ2n) is 4.67. The van der Waals surface area contributed by atoms with Crippen LogP contribution in [0.3, 0.4) is 0 Å². The SMILES string of the molecule is O=C(NC1(CO)CCOCC1)c1cc(Cl)ccc1O. The minimum atomic E-state index is -0.690. The van der Waals surface area contributed by atoms with Crippen molar-refractivity contribution in [2.75, 3.05) is 19.8 Å². The standard InChI is InChI=1S/C13H16ClNO4/c14-9-1-2-11(17)10(7-9)12(18)15-13(8-16)3-5-19-6-4-13/h1-2,7,16-17H,3-6,8H2,(H,15,18). The van der Waals surface area contributed by atoms with E-state index in [9.17, 15) is 15.0 Å². The van der Waals surface area contributed by atoms with Gasteiger partial charge in [0.1, 0.15) is 5.75 Å². The van der Waals surface area contributed by atoms with Gasteiger partial charge in [-0.15, -0.1) is 0 Å². The second-order valence-corrected chi connectivity index (χ2v) is 5.10. The van der Waals surface area contributed by atoms with Crippen LogP contribution in [0, 0.1) is 0 Å². The average molecular weight is 286 g/mol. The molecule has 5 nitrogen and oxygen atoms in total. The van der Waals surface area contributed by atoms with Gasteiger partial charge in [-0.1, -0.05) is 11.6 Å². The number of ether oxygens (including phenoxy) is 1. The molecule has 104 valence electrons. The summed E-state index contributed by atoms with van der Waals surface area (Å²) in [4.78, 5) is 12.2. The Hall–Kier alpha value is -1.30. The van der Waals surface area contributed by atoms with Gasteiger partial charge in [-0.05, 0) is 31.0 Å². The Morgan fingerprint density at radius 1 is 1.42 bits per heavy atom. The van der Waals surface area contributed by atoms with E-state index in [0.29, 0.717) is 31.1 Å². The maximum atomic E-state index is 12.2. The number of phenols is 1. The van der Waals surface area contributed by atoms with E-state index in [1.807, 2.05) is 0 Å². The van der Waals surface area contributed by atoms with Crippen molar-refractivity contribution in [3.05, 3.63) is 28.8 Å². The van der Waals surface area contributed by atoms with Gasteiger partial charge in [0.15, 0.2) is 0 Å². The van der Waals surface area contributed by atoms with Crippen molar-refractivity contribution in [2.45, 2.75) is 18.4 Å². The van der Waals surface area contributed by atoms with Gasteiger partial charge in [-0.25, -0.2) is 0 Å². The Balaban J connectivity index is 2.17. The Morgan fingerprint density at radius 2 is 2.11 bits per heavy atom. The Labute approximate surface area is 116 Å². The Kier molecular flexibility index (Phi) is 4.29. The van der Waals surface area contributed by atoms with Crippen LogP contribution in [0.5, 0.6) is 5.75 Å². The molecule has 1 aliphatic rings. The van der Waals surface area contributed by atoms with E-state index in [2.05, 4.69) is 5.32 Å². The summed E-state index contributed by atoms with van der Waals surface area (Å²) in [6.45, 7) is 0.814. The first-order valence-corrected chi connectivity index (χ1v) is 6.44. The van der Waals surface area contributed by atoms with Crippen molar-refractivity contribution in [2.24, 2.45) is 0 Å². The molecule has 0 saturated carbocycles. The molecular formula is C13H16ClNO4. The van der Waals surface area contributed by atoms with E-state index in [0.717, 1.165) is 0 Å². The zero-order valence-corrected chi connectivity index (χ0v) is 11.1. The predicted octanol–water partition coefficient (Wildman–Crippen LogP) is 1.32. The second kappa shape index (κ2) is 5.77. The number of nitrogens with one attached hydrogen (secondary N) is 1. The molecule has 1 heterocycles. The topological polar surface area (TPSA) is 78.8 Å². The van der Waals surface area contributed by atoms with Crippen molar-refractivity contribution < 1.29 is 19.7 Å². The number of carbonyl (C=O) groups excluding carboxylic acids is 1. The average Bonchev–Trinajstić information content (AvgIpc) is 2.42. The first kappa shape index (κ1) is 14.1. The fraction of sp³-hybridized carbons (Fsp3) is 0.462. The van der Waals surface area contributed by atoms with E-state index in [4.69, 9.17) is 16.3 Å². The zero-order chi connectivity index (χ0) is 13.9. The number of amides is 1. The predicted molar refractivity (Wildman–Crippen MR) is 70.5 cm³/mol. The minimum absolute atomic E-state index is 0.104. The number of phenolic OH excluding ortho intramolecular Hbond substituents is 1. The van der Waals surface area contributed by atoms with Crippen molar-refractivity contribution in [3.63, 3.8) is 0 Å². The highest BCUT2D eigenvalue weighted by Crippen LogP contribution is 2.25. The molecule has 0 aromatic heterocycles. The van der Waals surface area contributed by atoms with Crippen LogP contribution in [0.1, 0.15) is 23.2 Å². The molecular weight excluding hydrogens is 270 g/mol. The number of carbonyl (C=O) groups is 1. The Morgan fingerprint density at radius 3 is 2.74 bits per heavy atom. The first-order chi connectivity index (χ1) is 9.06. The highest BCUT2D eigenvalue weighted by atomic mass is 35.5. The van der Waals surface area contributed by atoms with Gasteiger partial charge in [-0.3, -0.25) is 4.79 Å². The molecule has 1 amide bonds. The molecule has 0 spiro atoms. The van der Waals surface area contributed by atoms with Crippen LogP contribution in [0.15, 0.2) is 18.2 Å². The highest BCUT2D eigenvalue weighted by Gasteiger charge is 2.34. The molecule has 1 aliphatic heterocycles. The van der Waals surface area contributed by atoms with Crippen LogP contribution in [0.2, 0.25) is 5.02 Å². The highest BCUT2D eigenvalue weighted by molar-refractivity contribution is 6.31. The number of hydrogen-bond donors (Lipinski definition) is 3. The monoisotopic (exact) mass is 285 g/mol. The first-order valence-electron chi connectivity index (χ1n) is 6.06. The fourth-order valence-corrected chi connectivity index (χ4v) is 2.26. The van der Waals surface area contributed by atoms with Gasteiger partial charge in [0, 0.05) is 18.2 Å². The number of benzene rings is 1. The van der Waals surface area contributed by atoms with Crippen molar-refractivity contribution >= 4 is 17.5 Å². The van der Waals surface area contributed by atoms with Crippen molar-refractivity contribution in [3.8, 4) is 5.75 Å². The van der Waals surface area contributed by atoms with Gasteiger partial charge < -0.3 is 20.3 Å². The fourth-order valence-electron chi connectivity index (χ4n) is 2.08. The van der Waals surface area contributed by atoms with Gasteiger partial charge in [0.2, 0.25) is 0 Å². The number of aromatic hydroxyl groups is 1. The normalized spacial score (nSPS) is 18.0. The summed E-state index contributed by atoms with van der Waals surface area (Å²) in [5.74, 6) is -0.585. The van der Waals surface area contributed by atoms with Crippen LogP contribution in [0.25, 0.3) is 0 Å². The maximum Gasteiger partial charge on any atom is 0.255 e. The van der Waals surface area contributed by atoms with E-state index >= 15 is 0 Å².